The van der Waals surface area contributed by atoms with Crippen LogP contribution >= 0.6 is 0 Å². The lowest BCUT2D eigenvalue weighted by Crippen LogP contribution is -2.35. The molecule has 3 aromatic carbocycles. The van der Waals surface area contributed by atoms with E-state index in [1.54, 1.807) is 42.5 Å². The number of hydrogen-bond donors (Lipinski definition) is 2. The predicted molar refractivity (Wildman–Crippen MR) is 143 cm³/mol. The van der Waals surface area contributed by atoms with Gasteiger partial charge in [0.15, 0.2) is 0 Å². The third kappa shape index (κ3) is 4.54. The molecule has 2 heterocycles. The summed E-state index contributed by atoms with van der Waals surface area (Å²) < 4.78 is 25.6. The first kappa shape index (κ1) is 23.9. The first-order valence-electron chi connectivity index (χ1n) is 11.9. The summed E-state index contributed by atoms with van der Waals surface area (Å²) in [5, 5.41) is 6.25. The van der Waals surface area contributed by atoms with Gasteiger partial charge in [0.25, 0.3) is 11.8 Å². The molecule has 36 heavy (non-hydrogen) atoms. The molecule has 0 spiro atoms. The van der Waals surface area contributed by atoms with Crippen molar-refractivity contribution in [1.29, 1.82) is 0 Å². The Morgan fingerprint density at radius 3 is 2.36 bits per heavy atom. The van der Waals surface area contributed by atoms with E-state index in [1.165, 1.54) is 11.4 Å². The van der Waals surface area contributed by atoms with Crippen LogP contribution in [0.3, 0.4) is 0 Å². The van der Waals surface area contributed by atoms with E-state index < -0.39 is 10.0 Å². The van der Waals surface area contributed by atoms with E-state index in [0.29, 0.717) is 33.9 Å². The van der Waals surface area contributed by atoms with E-state index in [2.05, 4.69) is 10.6 Å². The van der Waals surface area contributed by atoms with Crippen LogP contribution in [0, 0.1) is 0 Å². The van der Waals surface area contributed by atoms with Gasteiger partial charge in [0.1, 0.15) is 0 Å². The normalized spacial score (nSPS) is 15.2. The molecule has 5 rings (SSSR count). The van der Waals surface area contributed by atoms with Crippen molar-refractivity contribution in [3.05, 3.63) is 71.8 Å². The molecule has 2 aliphatic rings. The van der Waals surface area contributed by atoms with Gasteiger partial charge in [-0.3, -0.25) is 13.9 Å². The Balaban J connectivity index is 1.50. The second-order valence-corrected chi connectivity index (χ2v) is 11.2. The second-order valence-electron chi connectivity index (χ2n) is 9.20. The van der Waals surface area contributed by atoms with E-state index in [4.69, 9.17) is 0 Å². The highest BCUT2D eigenvalue weighted by Gasteiger charge is 2.24. The fourth-order valence-corrected chi connectivity index (χ4v) is 5.20. The van der Waals surface area contributed by atoms with Gasteiger partial charge in [-0.2, -0.15) is 0 Å². The van der Waals surface area contributed by atoms with Crippen molar-refractivity contribution in [2.24, 2.45) is 0 Å². The maximum atomic E-state index is 13.1. The minimum absolute atomic E-state index is 0.0256. The summed E-state index contributed by atoms with van der Waals surface area (Å²) in [5.41, 5.74) is 4.83. The van der Waals surface area contributed by atoms with E-state index in [-0.39, 0.29) is 11.8 Å². The SMILES string of the molecule is CN(c1ccccc1-c1ccc2c(c1)Nc1ccc(C(=O)N3CCCCC3)cc1NC2=O)S(C)(=O)=O. The van der Waals surface area contributed by atoms with Gasteiger partial charge >= 0.3 is 0 Å². The maximum absolute atomic E-state index is 13.1. The number of amides is 2. The van der Waals surface area contributed by atoms with Gasteiger partial charge in [-0.15, -0.1) is 0 Å². The number of anilines is 4. The lowest BCUT2D eigenvalue weighted by atomic mass is 10.0. The van der Waals surface area contributed by atoms with Crippen molar-refractivity contribution < 1.29 is 18.0 Å². The van der Waals surface area contributed by atoms with Gasteiger partial charge in [-0.25, -0.2) is 8.42 Å². The number of nitrogens with one attached hydrogen (secondary N) is 2. The fraction of sp³-hybridized carbons (Fsp3) is 0.259. The Bertz CT molecular complexity index is 1460. The summed E-state index contributed by atoms with van der Waals surface area (Å²) in [6.45, 7) is 1.51. The number of fused-ring (bicyclic) bond motifs is 2. The third-order valence-corrected chi connectivity index (χ3v) is 7.93. The largest absolute Gasteiger partial charge is 0.353 e. The topological polar surface area (TPSA) is 98.8 Å². The van der Waals surface area contributed by atoms with E-state index in [0.717, 1.165) is 49.7 Å². The molecule has 2 aliphatic heterocycles. The summed E-state index contributed by atoms with van der Waals surface area (Å²) in [6.07, 6.45) is 4.32. The van der Waals surface area contributed by atoms with Crippen molar-refractivity contribution in [3.63, 3.8) is 0 Å². The van der Waals surface area contributed by atoms with Crippen LogP contribution in [0.4, 0.5) is 22.7 Å². The van der Waals surface area contributed by atoms with E-state index in [9.17, 15) is 18.0 Å². The molecule has 2 N–H and O–H groups in total. The zero-order valence-corrected chi connectivity index (χ0v) is 21.1. The van der Waals surface area contributed by atoms with Crippen molar-refractivity contribution in [2.45, 2.75) is 19.3 Å². The summed E-state index contributed by atoms with van der Waals surface area (Å²) in [7, 11) is -1.94. The zero-order valence-electron chi connectivity index (χ0n) is 20.2. The first-order chi connectivity index (χ1) is 17.2. The molecule has 0 atom stereocenters. The monoisotopic (exact) mass is 504 g/mol. The molecule has 2 amide bonds. The summed E-state index contributed by atoms with van der Waals surface area (Å²) in [5.74, 6) is -0.311. The number of benzene rings is 3. The molecule has 1 saturated heterocycles. The number of sulfonamides is 1. The minimum atomic E-state index is -3.46. The zero-order chi connectivity index (χ0) is 25.4. The Kier molecular flexibility index (Phi) is 6.17. The Labute approximate surface area is 211 Å². The van der Waals surface area contributed by atoms with Gasteiger partial charge < -0.3 is 15.5 Å². The lowest BCUT2D eigenvalue weighted by molar-refractivity contribution is 0.0724. The fourth-order valence-electron chi connectivity index (χ4n) is 4.69. The van der Waals surface area contributed by atoms with Crippen molar-refractivity contribution in [1.82, 2.24) is 4.90 Å². The van der Waals surface area contributed by atoms with Gasteiger partial charge in [0.05, 0.1) is 34.6 Å². The Hall–Kier alpha value is -3.85. The predicted octanol–water partition coefficient (Wildman–Crippen LogP) is 4.68. The molecular weight excluding hydrogens is 476 g/mol. The van der Waals surface area contributed by atoms with Gasteiger partial charge in [-0.1, -0.05) is 24.3 Å². The smallest absolute Gasteiger partial charge is 0.257 e. The average molecular weight is 505 g/mol. The summed E-state index contributed by atoms with van der Waals surface area (Å²) in [6, 6.07) is 17.9. The number of nitrogens with zero attached hydrogens (tertiary/aromatic N) is 2. The van der Waals surface area contributed by atoms with Gasteiger partial charge in [0, 0.05) is 31.3 Å². The molecule has 0 bridgehead atoms. The number of para-hydroxylation sites is 1. The molecule has 0 unspecified atom stereocenters. The number of carbonyl (C=O) groups is 2. The molecule has 1 fully saturated rings. The standard InChI is InChI=1S/C27H28N4O4S/c1-30(36(2,34)35)25-9-5-4-8-20(25)18-10-12-21-23(16-18)28-22-13-11-19(17-24(22)29-26(21)32)27(33)31-14-6-3-7-15-31/h4-5,8-13,16-17,28H,3,6-7,14-15H2,1-2H3,(H,29,32). The number of hydrogen-bond acceptors (Lipinski definition) is 5. The average Bonchev–Trinajstić information content (AvgIpc) is 3.02. The summed E-state index contributed by atoms with van der Waals surface area (Å²) >= 11 is 0. The number of rotatable bonds is 4. The highest BCUT2D eigenvalue weighted by molar-refractivity contribution is 7.92. The van der Waals surface area contributed by atoms with Crippen molar-refractivity contribution in [2.75, 3.05) is 41.3 Å². The lowest BCUT2D eigenvalue weighted by Gasteiger charge is -2.27. The van der Waals surface area contributed by atoms with Gasteiger partial charge in [0.2, 0.25) is 10.0 Å². The third-order valence-electron chi connectivity index (χ3n) is 6.74. The maximum Gasteiger partial charge on any atom is 0.257 e. The molecule has 8 nitrogen and oxygen atoms in total. The highest BCUT2D eigenvalue weighted by Crippen LogP contribution is 2.38. The summed E-state index contributed by atoms with van der Waals surface area (Å²) in [4.78, 5) is 27.9. The van der Waals surface area contributed by atoms with Crippen LogP contribution in [0.25, 0.3) is 11.1 Å². The Morgan fingerprint density at radius 2 is 1.61 bits per heavy atom. The minimum Gasteiger partial charge on any atom is -0.353 e. The molecule has 186 valence electrons. The second kappa shape index (κ2) is 9.31. The van der Waals surface area contributed by atoms with E-state index in [1.807, 2.05) is 23.1 Å². The highest BCUT2D eigenvalue weighted by atomic mass is 32.2. The van der Waals surface area contributed by atoms with Crippen LogP contribution in [0.2, 0.25) is 0 Å². The van der Waals surface area contributed by atoms with Crippen LogP contribution in [-0.4, -0.2) is 51.5 Å². The quantitative estimate of drug-likeness (QED) is 0.537. The van der Waals surface area contributed by atoms with Crippen LogP contribution in [0.1, 0.15) is 40.0 Å². The molecule has 9 heteroatoms. The van der Waals surface area contributed by atoms with Crippen LogP contribution < -0.4 is 14.9 Å². The molecule has 3 aromatic rings. The van der Waals surface area contributed by atoms with Crippen LogP contribution in [0.5, 0.6) is 0 Å². The van der Waals surface area contributed by atoms with Gasteiger partial charge in [-0.05, 0) is 61.2 Å². The van der Waals surface area contributed by atoms with Crippen molar-refractivity contribution in [3.8, 4) is 11.1 Å². The first-order valence-corrected chi connectivity index (χ1v) is 13.8. The number of likely N-dealkylation sites (tertiary alicyclic amines) is 1. The van der Waals surface area contributed by atoms with Crippen molar-refractivity contribution >= 4 is 44.6 Å². The number of piperidine rings is 1. The molecule has 0 saturated carbocycles. The molecule has 0 radical (unpaired) electrons. The molecule has 0 aliphatic carbocycles. The van der Waals surface area contributed by atoms with Crippen LogP contribution in [0.15, 0.2) is 60.7 Å². The molecular formula is C27H28N4O4S. The number of carbonyl (C=O) groups excluding carboxylic acids is 2. The molecule has 0 aromatic heterocycles. The van der Waals surface area contributed by atoms with E-state index >= 15 is 0 Å². The van der Waals surface area contributed by atoms with Crippen LogP contribution in [-0.2, 0) is 10.0 Å². The Morgan fingerprint density at radius 1 is 0.861 bits per heavy atom.